The lowest BCUT2D eigenvalue weighted by Crippen LogP contribution is -2.60. The van der Waals surface area contributed by atoms with E-state index in [4.69, 9.17) is 9.47 Å². The first-order valence-corrected chi connectivity index (χ1v) is 10.9. The molecule has 1 unspecified atom stereocenters. The van der Waals surface area contributed by atoms with Crippen LogP contribution in [0.15, 0.2) is 30.3 Å². The van der Waals surface area contributed by atoms with Crippen molar-refractivity contribution in [3.05, 3.63) is 35.9 Å². The third-order valence-electron chi connectivity index (χ3n) is 5.54. The van der Waals surface area contributed by atoms with Gasteiger partial charge in [-0.2, -0.15) is 0 Å². The Hall–Kier alpha value is -2.61. The van der Waals surface area contributed by atoms with Crippen LogP contribution in [0.2, 0.25) is 0 Å². The van der Waals surface area contributed by atoms with Gasteiger partial charge in [-0.1, -0.05) is 30.3 Å². The lowest BCUT2D eigenvalue weighted by Gasteiger charge is -2.42. The van der Waals surface area contributed by atoms with Crippen molar-refractivity contribution in [1.29, 1.82) is 0 Å². The van der Waals surface area contributed by atoms with Crippen molar-refractivity contribution in [1.82, 2.24) is 15.1 Å². The van der Waals surface area contributed by atoms with Crippen LogP contribution in [0.3, 0.4) is 0 Å². The van der Waals surface area contributed by atoms with Gasteiger partial charge in [0.25, 0.3) is 0 Å². The molecule has 0 aliphatic carbocycles. The van der Waals surface area contributed by atoms with E-state index in [1.54, 1.807) is 4.90 Å². The molecule has 0 aromatic heterocycles. The Morgan fingerprint density at radius 2 is 1.81 bits per heavy atom. The smallest absolute Gasteiger partial charge is 0.410 e. The largest absolute Gasteiger partial charge is 0.458 e. The number of esters is 1. The summed E-state index contributed by atoms with van der Waals surface area (Å²) < 4.78 is 11.0. The molecule has 2 fully saturated rings. The van der Waals surface area contributed by atoms with Crippen LogP contribution >= 0.6 is 0 Å². The van der Waals surface area contributed by atoms with Crippen molar-refractivity contribution in [2.45, 2.75) is 51.9 Å². The Morgan fingerprint density at radius 3 is 2.42 bits per heavy atom. The van der Waals surface area contributed by atoms with Crippen molar-refractivity contribution in [2.75, 3.05) is 32.7 Å². The highest BCUT2D eigenvalue weighted by atomic mass is 16.6. The minimum absolute atomic E-state index is 0.0385. The van der Waals surface area contributed by atoms with Gasteiger partial charge in [-0.15, -0.1) is 0 Å². The summed E-state index contributed by atoms with van der Waals surface area (Å²) in [5, 5.41) is 3.30. The zero-order valence-electron chi connectivity index (χ0n) is 18.6. The third kappa shape index (κ3) is 6.43. The normalized spacial score (nSPS) is 19.1. The molecule has 1 N–H and O–H groups in total. The van der Waals surface area contributed by atoms with Crippen LogP contribution in [0.25, 0.3) is 0 Å². The highest BCUT2D eigenvalue weighted by molar-refractivity contribution is 5.88. The maximum atomic E-state index is 13.0. The Morgan fingerprint density at radius 1 is 1.13 bits per heavy atom. The number of amides is 2. The molecule has 1 aromatic rings. The van der Waals surface area contributed by atoms with Gasteiger partial charge in [-0.3, -0.25) is 9.69 Å². The molecule has 2 amide bonds. The monoisotopic (exact) mass is 431 g/mol. The fourth-order valence-electron chi connectivity index (χ4n) is 4.04. The zero-order chi connectivity index (χ0) is 22.4. The first kappa shape index (κ1) is 23.1. The molecule has 8 nitrogen and oxygen atoms in total. The van der Waals surface area contributed by atoms with E-state index >= 15 is 0 Å². The molecule has 3 rings (SSSR count). The van der Waals surface area contributed by atoms with Crippen molar-refractivity contribution in [2.24, 2.45) is 5.92 Å². The molecule has 0 saturated carbocycles. The van der Waals surface area contributed by atoms with E-state index in [0.717, 1.165) is 31.5 Å². The SMILES string of the molecule is CC(C)(C)OC(=O)C(C1CCNCC1)N1CCN(C(=O)OCc2ccccc2)CC1=O. The maximum absolute atomic E-state index is 13.0. The number of nitrogens with zero attached hydrogens (tertiary/aromatic N) is 2. The molecule has 0 bridgehead atoms. The topological polar surface area (TPSA) is 88.2 Å². The Bertz CT molecular complexity index is 771. The summed E-state index contributed by atoms with van der Waals surface area (Å²) in [5.41, 5.74) is 0.255. The van der Waals surface area contributed by atoms with Crippen molar-refractivity contribution in [3.8, 4) is 0 Å². The summed E-state index contributed by atoms with van der Waals surface area (Å²) in [6, 6.07) is 8.77. The van der Waals surface area contributed by atoms with Crippen molar-refractivity contribution in [3.63, 3.8) is 0 Å². The second-order valence-electron chi connectivity index (χ2n) is 9.11. The quantitative estimate of drug-likeness (QED) is 0.719. The van der Waals surface area contributed by atoms with Crippen LogP contribution < -0.4 is 5.32 Å². The van der Waals surface area contributed by atoms with Crippen LogP contribution in [0.5, 0.6) is 0 Å². The van der Waals surface area contributed by atoms with Crippen LogP contribution in [0, 0.1) is 5.92 Å². The lowest BCUT2D eigenvalue weighted by molar-refractivity contribution is -0.169. The maximum Gasteiger partial charge on any atom is 0.410 e. The number of hydrogen-bond donors (Lipinski definition) is 1. The summed E-state index contributed by atoms with van der Waals surface area (Å²) in [4.78, 5) is 41.5. The van der Waals surface area contributed by atoms with E-state index in [-0.39, 0.29) is 37.5 Å². The standard InChI is InChI=1S/C23H33N3O5/c1-23(2,3)31-21(28)20(18-9-11-24-12-10-18)26-14-13-25(15-19(26)27)22(29)30-16-17-7-5-4-6-8-17/h4-8,18,20,24H,9-16H2,1-3H3. The van der Waals surface area contributed by atoms with Crippen LogP contribution in [-0.2, 0) is 25.7 Å². The summed E-state index contributed by atoms with van der Waals surface area (Å²) in [6.45, 7) is 7.76. The van der Waals surface area contributed by atoms with E-state index in [1.165, 1.54) is 4.90 Å². The van der Waals surface area contributed by atoms with Gasteiger partial charge in [0.2, 0.25) is 5.91 Å². The highest BCUT2D eigenvalue weighted by Gasteiger charge is 2.42. The molecule has 2 aliphatic heterocycles. The fraction of sp³-hybridized carbons (Fsp3) is 0.609. The van der Waals surface area contributed by atoms with E-state index in [1.807, 2.05) is 51.1 Å². The molecular formula is C23H33N3O5. The fourth-order valence-corrected chi connectivity index (χ4v) is 4.04. The molecule has 2 aliphatic rings. The molecule has 1 atom stereocenters. The zero-order valence-corrected chi connectivity index (χ0v) is 18.6. The summed E-state index contributed by atoms with van der Waals surface area (Å²) in [7, 11) is 0. The number of piperidine rings is 1. The lowest BCUT2D eigenvalue weighted by atomic mass is 9.88. The number of rotatable bonds is 5. The first-order chi connectivity index (χ1) is 14.7. The number of ether oxygens (including phenoxy) is 2. The van der Waals surface area contributed by atoms with Crippen LogP contribution in [-0.4, -0.2) is 72.1 Å². The summed E-state index contributed by atoms with van der Waals surface area (Å²) in [6.07, 6.45) is 1.08. The average molecular weight is 432 g/mol. The number of piperazine rings is 1. The average Bonchev–Trinajstić information content (AvgIpc) is 2.73. The van der Waals surface area contributed by atoms with Gasteiger partial charge in [0, 0.05) is 13.1 Å². The summed E-state index contributed by atoms with van der Waals surface area (Å²) >= 11 is 0. The van der Waals surface area contributed by atoms with E-state index in [9.17, 15) is 14.4 Å². The van der Waals surface area contributed by atoms with Gasteiger partial charge in [0.15, 0.2) is 0 Å². The predicted molar refractivity (Wildman–Crippen MR) is 115 cm³/mol. The van der Waals surface area contributed by atoms with Crippen molar-refractivity contribution < 1.29 is 23.9 Å². The van der Waals surface area contributed by atoms with Gasteiger partial charge in [0.1, 0.15) is 24.8 Å². The molecule has 0 radical (unpaired) electrons. The molecule has 0 spiro atoms. The number of hydrogen-bond acceptors (Lipinski definition) is 6. The predicted octanol–water partition coefficient (Wildman–Crippen LogP) is 2.18. The van der Waals surface area contributed by atoms with Gasteiger partial charge >= 0.3 is 12.1 Å². The van der Waals surface area contributed by atoms with Crippen molar-refractivity contribution >= 4 is 18.0 Å². The molecule has 2 heterocycles. The first-order valence-electron chi connectivity index (χ1n) is 10.9. The Balaban J connectivity index is 1.63. The molecule has 1 aromatic carbocycles. The van der Waals surface area contributed by atoms with Gasteiger partial charge in [-0.05, 0) is 58.2 Å². The van der Waals surface area contributed by atoms with Gasteiger partial charge in [-0.25, -0.2) is 9.59 Å². The number of nitrogens with one attached hydrogen (secondary N) is 1. The molecule has 2 saturated heterocycles. The molecular weight excluding hydrogens is 398 g/mol. The Labute approximate surface area is 183 Å². The summed E-state index contributed by atoms with van der Waals surface area (Å²) in [5.74, 6) is -0.582. The second kappa shape index (κ2) is 10.1. The van der Waals surface area contributed by atoms with E-state index in [0.29, 0.717) is 6.54 Å². The minimum atomic E-state index is -0.631. The molecule has 31 heavy (non-hydrogen) atoms. The second-order valence-corrected chi connectivity index (χ2v) is 9.11. The molecule has 8 heteroatoms. The van der Waals surface area contributed by atoms with E-state index < -0.39 is 17.7 Å². The van der Waals surface area contributed by atoms with E-state index in [2.05, 4.69) is 5.32 Å². The highest BCUT2D eigenvalue weighted by Crippen LogP contribution is 2.26. The third-order valence-corrected chi connectivity index (χ3v) is 5.54. The van der Waals surface area contributed by atoms with Crippen LogP contribution in [0.4, 0.5) is 4.79 Å². The van der Waals surface area contributed by atoms with Gasteiger partial charge in [0.05, 0.1) is 0 Å². The number of benzene rings is 1. The van der Waals surface area contributed by atoms with Crippen LogP contribution in [0.1, 0.15) is 39.2 Å². The number of carbonyl (C=O) groups excluding carboxylic acids is 3. The minimum Gasteiger partial charge on any atom is -0.458 e. The Kier molecular flexibility index (Phi) is 7.54. The number of carbonyl (C=O) groups is 3. The molecule has 170 valence electrons. The van der Waals surface area contributed by atoms with Gasteiger partial charge < -0.3 is 19.7 Å².